The summed E-state index contributed by atoms with van der Waals surface area (Å²) in [7, 11) is 0. The van der Waals surface area contributed by atoms with E-state index in [2.05, 4.69) is 5.16 Å². The van der Waals surface area contributed by atoms with Crippen molar-refractivity contribution in [3.05, 3.63) is 46.8 Å². The van der Waals surface area contributed by atoms with Gasteiger partial charge < -0.3 is 19.9 Å². The summed E-state index contributed by atoms with van der Waals surface area (Å²) in [4.78, 5) is 25.4. The van der Waals surface area contributed by atoms with E-state index in [1.165, 1.54) is 4.90 Å². The molecule has 0 bridgehead atoms. The van der Waals surface area contributed by atoms with Gasteiger partial charge in [0.25, 0.3) is 5.91 Å². The number of nitrogens with zero attached hydrogens (tertiary/aromatic N) is 2. The molecule has 7 heteroatoms. The number of carbonyl (C=O) groups excluding carboxylic acids is 2. The van der Waals surface area contributed by atoms with Crippen LogP contribution in [0.5, 0.6) is 5.75 Å². The van der Waals surface area contributed by atoms with E-state index in [1.807, 2.05) is 32.0 Å². The van der Waals surface area contributed by atoms with Gasteiger partial charge in [-0.1, -0.05) is 23.4 Å². The zero-order valence-electron chi connectivity index (χ0n) is 14.3. The van der Waals surface area contributed by atoms with E-state index in [0.29, 0.717) is 18.7 Å². The number of hydrogen-bond donors (Lipinski definition) is 1. The summed E-state index contributed by atoms with van der Waals surface area (Å²) in [5.41, 5.74) is 7.56. The van der Waals surface area contributed by atoms with Crippen molar-refractivity contribution >= 4 is 11.8 Å². The van der Waals surface area contributed by atoms with Gasteiger partial charge in [0.1, 0.15) is 18.4 Å². The fourth-order valence-corrected chi connectivity index (χ4v) is 3.10. The van der Waals surface area contributed by atoms with Crippen LogP contribution >= 0.6 is 0 Å². The smallest absolute Gasteiger partial charge is 0.276 e. The molecule has 0 unspecified atom stereocenters. The second-order valence-corrected chi connectivity index (χ2v) is 6.25. The zero-order valence-corrected chi connectivity index (χ0v) is 14.3. The van der Waals surface area contributed by atoms with Crippen LogP contribution in [0.3, 0.4) is 0 Å². The van der Waals surface area contributed by atoms with Crippen molar-refractivity contribution in [2.75, 3.05) is 6.54 Å². The molecule has 0 saturated carbocycles. The van der Waals surface area contributed by atoms with Crippen LogP contribution in [0.2, 0.25) is 0 Å². The van der Waals surface area contributed by atoms with E-state index >= 15 is 0 Å². The lowest BCUT2D eigenvalue weighted by Gasteiger charge is -2.20. The predicted molar refractivity (Wildman–Crippen MR) is 90.0 cm³/mol. The number of hydrogen-bond acceptors (Lipinski definition) is 5. The molecule has 0 spiro atoms. The molecule has 2 heterocycles. The van der Waals surface area contributed by atoms with Gasteiger partial charge in [-0.3, -0.25) is 9.59 Å². The first-order chi connectivity index (χ1) is 12.0. The highest BCUT2D eigenvalue weighted by molar-refractivity contribution is 5.96. The summed E-state index contributed by atoms with van der Waals surface area (Å²) in [5.74, 6) is 0.400. The molecule has 3 rings (SSSR count). The molecule has 1 aliphatic rings. The normalized spacial score (nSPS) is 16.9. The Morgan fingerprint density at radius 2 is 2.08 bits per heavy atom. The Kier molecular flexibility index (Phi) is 4.74. The van der Waals surface area contributed by atoms with Crippen LogP contribution in [0.4, 0.5) is 0 Å². The second kappa shape index (κ2) is 6.96. The third-order valence-electron chi connectivity index (χ3n) is 4.39. The Balaban J connectivity index is 1.68. The van der Waals surface area contributed by atoms with Crippen LogP contribution in [0, 0.1) is 13.8 Å². The van der Waals surface area contributed by atoms with Gasteiger partial charge in [-0.2, -0.15) is 0 Å². The van der Waals surface area contributed by atoms with Gasteiger partial charge in [0, 0.05) is 12.6 Å². The SMILES string of the molecule is Cc1cccc(C)c1OCc1cc(C(=O)N2CCC[C@H]2C(N)=O)no1. The topological polar surface area (TPSA) is 98.7 Å². The number of benzene rings is 1. The van der Waals surface area contributed by atoms with E-state index in [9.17, 15) is 9.59 Å². The maximum atomic E-state index is 12.5. The summed E-state index contributed by atoms with van der Waals surface area (Å²) in [6.07, 6.45) is 1.33. The van der Waals surface area contributed by atoms with Gasteiger partial charge in [0.15, 0.2) is 11.5 Å². The predicted octanol–water partition coefficient (Wildman–Crippen LogP) is 1.96. The number of para-hydroxylation sites is 1. The lowest BCUT2D eigenvalue weighted by atomic mass is 10.1. The van der Waals surface area contributed by atoms with E-state index in [0.717, 1.165) is 23.3 Å². The maximum Gasteiger partial charge on any atom is 0.276 e. The Bertz CT molecular complexity index is 779. The molecule has 1 aromatic carbocycles. The Morgan fingerprint density at radius 1 is 1.36 bits per heavy atom. The lowest BCUT2D eigenvalue weighted by Crippen LogP contribution is -2.43. The van der Waals surface area contributed by atoms with E-state index in [4.69, 9.17) is 15.0 Å². The fourth-order valence-electron chi connectivity index (χ4n) is 3.10. The summed E-state index contributed by atoms with van der Waals surface area (Å²) in [6, 6.07) is 6.88. The monoisotopic (exact) mass is 343 g/mol. The molecule has 2 amide bonds. The summed E-state index contributed by atoms with van der Waals surface area (Å²) >= 11 is 0. The first-order valence-corrected chi connectivity index (χ1v) is 8.22. The summed E-state index contributed by atoms with van der Waals surface area (Å²) in [5, 5.41) is 3.81. The van der Waals surface area contributed by atoms with Gasteiger partial charge in [0.2, 0.25) is 5.91 Å². The zero-order chi connectivity index (χ0) is 18.0. The lowest BCUT2D eigenvalue weighted by molar-refractivity contribution is -0.121. The molecule has 1 aliphatic heterocycles. The number of rotatable bonds is 5. The molecule has 1 atom stereocenters. The number of ether oxygens (including phenoxy) is 1. The van der Waals surface area contributed by atoms with Gasteiger partial charge in [-0.25, -0.2) is 0 Å². The van der Waals surface area contributed by atoms with Crippen LogP contribution in [-0.2, 0) is 11.4 Å². The van der Waals surface area contributed by atoms with Gasteiger partial charge in [-0.05, 0) is 37.8 Å². The van der Waals surface area contributed by atoms with Crippen LogP contribution in [0.25, 0.3) is 0 Å². The average molecular weight is 343 g/mol. The Morgan fingerprint density at radius 3 is 2.76 bits per heavy atom. The van der Waals surface area contributed by atoms with E-state index < -0.39 is 11.9 Å². The number of likely N-dealkylation sites (tertiary alicyclic amines) is 1. The molecule has 7 nitrogen and oxygen atoms in total. The highest BCUT2D eigenvalue weighted by Gasteiger charge is 2.34. The van der Waals surface area contributed by atoms with Crippen molar-refractivity contribution in [3.8, 4) is 5.75 Å². The van der Waals surface area contributed by atoms with Crippen molar-refractivity contribution in [1.82, 2.24) is 10.1 Å². The molecule has 0 aliphatic carbocycles. The third kappa shape index (κ3) is 3.50. The highest BCUT2D eigenvalue weighted by Crippen LogP contribution is 2.24. The molecule has 0 radical (unpaired) electrons. The molecule has 2 N–H and O–H groups in total. The minimum atomic E-state index is -0.571. The van der Waals surface area contributed by atoms with Gasteiger partial charge in [0.05, 0.1) is 0 Å². The number of carbonyl (C=O) groups is 2. The quantitative estimate of drug-likeness (QED) is 0.895. The Labute approximate surface area is 145 Å². The fraction of sp³-hybridized carbons (Fsp3) is 0.389. The number of nitrogens with two attached hydrogens (primary N) is 1. The van der Waals surface area contributed by atoms with Crippen molar-refractivity contribution in [1.29, 1.82) is 0 Å². The minimum Gasteiger partial charge on any atom is -0.485 e. The van der Waals surface area contributed by atoms with Crippen molar-refractivity contribution < 1.29 is 18.8 Å². The minimum absolute atomic E-state index is 0.160. The van der Waals surface area contributed by atoms with E-state index in [1.54, 1.807) is 6.07 Å². The molecule has 132 valence electrons. The highest BCUT2D eigenvalue weighted by atomic mass is 16.5. The molecule has 2 aromatic rings. The van der Waals surface area contributed by atoms with Crippen molar-refractivity contribution in [2.24, 2.45) is 5.73 Å². The van der Waals surface area contributed by atoms with Crippen molar-refractivity contribution in [2.45, 2.75) is 39.3 Å². The molecular formula is C18H21N3O4. The standard InChI is InChI=1S/C18H21N3O4/c1-11-5-3-6-12(2)16(11)24-10-13-9-14(20-25-13)18(23)21-8-4-7-15(21)17(19)22/h3,5-6,9,15H,4,7-8,10H2,1-2H3,(H2,19,22)/t15-/m0/s1. The number of primary amides is 1. The first kappa shape index (κ1) is 17.0. The van der Waals surface area contributed by atoms with Gasteiger partial charge >= 0.3 is 0 Å². The Hall–Kier alpha value is -2.83. The molecule has 25 heavy (non-hydrogen) atoms. The second-order valence-electron chi connectivity index (χ2n) is 6.25. The average Bonchev–Trinajstić information content (AvgIpc) is 3.23. The number of aromatic nitrogens is 1. The third-order valence-corrected chi connectivity index (χ3v) is 4.39. The molecule has 1 saturated heterocycles. The van der Waals surface area contributed by atoms with E-state index in [-0.39, 0.29) is 18.2 Å². The van der Waals surface area contributed by atoms with Gasteiger partial charge in [-0.15, -0.1) is 0 Å². The number of amides is 2. The molecular weight excluding hydrogens is 322 g/mol. The molecule has 1 fully saturated rings. The van der Waals surface area contributed by atoms with Crippen LogP contribution < -0.4 is 10.5 Å². The van der Waals surface area contributed by atoms with Crippen LogP contribution in [0.1, 0.15) is 40.2 Å². The number of aryl methyl sites for hydroxylation is 2. The summed E-state index contributed by atoms with van der Waals surface area (Å²) in [6.45, 7) is 4.60. The van der Waals surface area contributed by atoms with Crippen LogP contribution in [0.15, 0.2) is 28.8 Å². The van der Waals surface area contributed by atoms with Crippen LogP contribution in [-0.4, -0.2) is 34.5 Å². The molecule has 1 aromatic heterocycles. The largest absolute Gasteiger partial charge is 0.485 e. The van der Waals surface area contributed by atoms with Crippen molar-refractivity contribution in [3.63, 3.8) is 0 Å². The maximum absolute atomic E-state index is 12.5. The summed E-state index contributed by atoms with van der Waals surface area (Å²) < 4.78 is 11.0. The first-order valence-electron chi connectivity index (χ1n) is 8.22.